The molecule has 0 saturated carbocycles. The Morgan fingerprint density at radius 3 is 2.15 bits per heavy atom. The zero-order valence-corrected chi connectivity index (χ0v) is 15.5. The van der Waals surface area contributed by atoms with Gasteiger partial charge in [-0.15, -0.1) is 0 Å². The second kappa shape index (κ2) is 7.41. The molecular formula is C20H20N2O5. The Morgan fingerprint density at radius 1 is 0.815 bits per heavy atom. The molecule has 0 atom stereocenters. The second-order valence-corrected chi connectivity index (χ2v) is 5.81. The Hall–Kier alpha value is -3.48. The first-order valence-corrected chi connectivity index (χ1v) is 8.21. The van der Waals surface area contributed by atoms with E-state index < -0.39 is 11.8 Å². The summed E-state index contributed by atoms with van der Waals surface area (Å²) in [6.07, 6.45) is 0. The van der Waals surface area contributed by atoms with Crippen LogP contribution in [-0.2, 0) is 9.59 Å². The Kier molecular flexibility index (Phi) is 5.03. The van der Waals surface area contributed by atoms with Crippen molar-refractivity contribution in [2.45, 2.75) is 0 Å². The first kappa shape index (κ1) is 18.3. The van der Waals surface area contributed by atoms with Gasteiger partial charge in [0.15, 0.2) is 11.5 Å². The molecule has 27 heavy (non-hydrogen) atoms. The number of nitrogens with zero attached hydrogens (tertiary/aromatic N) is 1. The number of hydrogen-bond acceptors (Lipinski definition) is 6. The topological polar surface area (TPSA) is 77.1 Å². The molecule has 7 nitrogen and oxygen atoms in total. The molecular weight excluding hydrogens is 348 g/mol. The van der Waals surface area contributed by atoms with Gasteiger partial charge in [0, 0.05) is 7.05 Å². The molecule has 0 unspecified atom stereocenters. The van der Waals surface area contributed by atoms with Gasteiger partial charge in [0.05, 0.1) is 32.6 Å². The van der Waals surface area contributed by atoms with Gasteiger partial charge in [-0.25, -0.2) is 0 Å². The fourth-order valence-corrected chi connectivity index (χ4v) is 2.90. The van der Waals surface area contributed by atoms with Crippen molar-refractivity contribution in [2.75, 3.05) is 33.7 Å². The molecule has 7 heteroatoms. The summed E-state index contributed by atoms with van der Waals surface area (Å²) in [4.78, 5) is 26.5. The molecule has 0 aliphatic carbocycles. The minimum absolute atomic E-state index is 0.180. The lowest BCUT2D eigenvalue weighted by Gasteiger charge is -2.13. The average molecular weight is 368 g/mol. The van der Waals surface area contributed by atoms with Gasteiger partial charge in [0.25, 0.3) is 11.8 Å². The molecule has 1 heterocycles. The maximum atomic E-state index is 12.7. The molecule has 1 N–H and O–H groups in total. The maximum Gasteiger partial charge on any atom is 0.277 e. The van der Waals surface area contributed by atoms with Gasteiger partial charge < -0.3 is 19.5 Å². The van der Waals surface area contributed by atoms with Crippen molar-refractivity contribution in [3.05, 3.63) is 53.7 Å². The van der Waals surface area contributed by atoms with Crippen LogP contribution in [0.2, 0.25) is 0 Å². The number of carbonyl (C=O) groups excluding carboxylic acids is 2. The van der Waals surface area contributed by atoms with E-state index in [1.807, 2.05) is 12.1 Å². The third kappa shape index (κ3) is 3.19. The summed E-state index contributed by atoms with van der Waals surface area (Å²) in [5.74, 6) is 0.743. The molecule has 2 aromatic rings. The molecule has 0 aromatic heterocycles. The number of para-hydroxylation sites is 2. The Labute approximate surface area is 157 Å². The summed E-state index contributed by atoms with van der Waals surface area (Å²) < 4.78 is 15.9. The molecule has 0 spiro atoms. The van der Waals surface area contributed by atoms with Crippen LogP contribution in [0.5, 0.6) is 17.2 Å². The lowest BCUT2D eigenvalue weighted by atomic mass is 10.0. The Balaban J connectivity index is 2.13. The van der Waals surface area contributed by atoms with Crippen molar-refractivity contribution in [1.82, 2.24) is 4.90 Å². The number of benzene rings is 2. The van der Waals surface area contributed by atoms with Crippen molar-refractivity contribution in [1.29, 1.82) is 0 Å². The smallest absolute Gasteiger partial charge is 0.277 e. The Bertz CT molecular complexity index is 936. The first-order chi connectivity index (χ1) is 13.0. The molecule has 0 bridgehead atoms. The maximum absolute atomic E-state index is 12.7. The highest BCUT2D eigenvalue weighted by Gasteiger charge is 2.37. The van der Waals surface area contributed by atoms with Crippen LogP contribution in [0.4, 0.5) is 5.69 Å². The summed E-state index contributed by atoms with van der Waals surface area (Å²) in [6.45, 7) is 0. The lowest BCUT2D eigenvalue weighted by molar-refractivity contribution is -0.135. The highest BCUT2D eigenvalue weighted by Crippen LogP contribution is 2.36. The number of anilines is 1. The van der Waals surface area contributed by atoms with E-state index in [-0.39, 0.29) is 11.3 Å². The van der Waals surface area contributed by atoms with Crippen molar-refractivity contribution in [3.63, 3.8) is 0 Å². The second-order valence-electron chi connectivity index (χ2n) is 5.81. The van der Waals surface area contributed by atoms with Crippen molar-refractivity contribution < 1.29 is 23.8 Å². The van der Waals surface area contributed by atoms with E-state index in [0.29, 0.717) is 28.5 Å². The molecule has 1 aliphatic heterocycles. The number of ether oxygens (including phenoxy) is 3. The number of nitrogens with one attached hydrogen (secondary N) is 1. The number of carbonyl (C=O) groups is 2. The number of methoxy groups -OCH3 is 3. The summed E-state index contributed by atoms with van der Waals surface area (Å²) in [5, 5.41) is 3.06. The van der Waals surface area contributed by atoms with E-state index in [2.05, 4.69) is 5.32 Å². The predicted octanol–water partition coefficient (Wildman–Crippen LogP) is 2.53. The van der Waals surface area contributed by atoms with Gasteiger partial charge in [-0.3, -0.25) is 14.5 Å². The van der Waals surface area contributed by atoms with Crippen molar-refractivity contribution in [2.24, 2.45) is 0 Å². The molecule has 3 rings (SSSR count). The Morgan fingerprint density at radius 2 is 1.48 bits per heavy atom. The molecule has 1 aliphatic rings. The van der Waals surface area contributed by atoms with Crippen LogP contribution in [-0.4, -0.2) is 45.1 Å². The van der Waals surface area contributed by atoms with Gasteiger partial charge in [0.1, 0.15) is 11.4 Å². The van der Waals surface area contributed by atoms with Crippen LogP contribution in [0, 0.1) is 0 Å². The van der Waals surface area contributed by atoms with Crippen molar-refractivity contribution in [3.8, 4) is 17.2 Å². The fourth-order valence-electron chi connectivity index (χ4n) is 2.90. The number of amides is 2. The van der Waals surface area contributed by atoms with E-state index in [1.165, 1.54) is 28.4 Å². The summed E-state index contributed by atoms with van der Waals surface area (Å²) in [6, 6.07) is 12.2. The predicted molar refractivity (Wildman–Crippen MR) is 101 cm³/mol. The normalized spacial score (nSPS) is 13.9. The lowest BCUT2D eigenvalue weighted by Crippen LogP contribution is -2.27. The first-order valence-electron chi connectivity index (χ1n) is 8.21. The minimum Gasteiger partial charge on any atom is -0.495 e. The van der Waals surface area contributed by atoms with Crippen LogP contribution in [0.25, 0.3) is 5.57 Å². The van der Waals surface area contributed by atoms with Gasteiger partial charge in [-0.2, -0.15) is 0 Å². The monoisotopic (exact) mass is 368 g/mol. The third-order valence-electron chi connectivity index (χ3n) is 4.33. The van der Waals surface area contributed by atoms with Gasteiger partial charge in [-0.1, -0.05) is 18.2 Å². The molecule has 0 saturated heterocycles. The molecule has 2 amide bonds. The number of hydrogen-bond donors (Lipinski definition) is 1. The number of rotatable bonds is 6. The highest BCUT2D eigenvalue weighted by molar-refractivity contribution is 6.36. The molecule has 0 radical (unpaired) electrons. The number of imide groups is 1. The van der Waals surface area contributed by atoms with E-state index in [0.717, 1.165) is 4.90 Å². The zero-order chi connectivity index (χ0) is 19.6. The standard InChI is InChI=1S/C20H20N2O5/c1-22-19(23)17(12-9-10-15(26-3)16(11-12)27-4)18(20(22)24)21-13-7-5-6-8-14(13)25-2/h5-11,21H,1-4H3. The van der Waals surface area contributed by atoms with Gasteiger partial charge >= 0.3 is 0 Å². The SMILES string of the molecule is COc1ccccc1NC1=C(c2ccc(OC)c(OC)c2)C(=O)N(C)C1=O. The van der Waals surface area contributed by atoms with E-state index >= 15 is 0 Å². The molecule has 140 valence electrons. The number of likely N-dealkylation sites (N-methyl/N-ethyl adjacent to an activating group) is 1. The molecule has 2 aromatic carbocycles. The molecule has 0 fully saturated rings. The summed E-state index contributed by atoms with van der Waals surface area (Å²) in [5.41, 5.74) is 1.57. The van der Waals surface area contributed by atoms with Crippen LogP contribution in [0.15, 0.2) is 48.2 Å². The highest BCUT2D eigenvalue weighted by atomic mass is 16.5. The quantitative estimate of drug-likeness (QED) is 0.790. The van der Waals surface area contributed by atoms with Gasteiger partial charge in [-0.05, 0) is 29.8 Å². The van der Waals surface area contributed by atoms with Crippen LogP contribution in [0.1, 0.15) is 5.56 Å². The minimum atomic E-state index is -0.421. The van der Waals surface area contributed by atoms with Crippen LogP contribution < -0.4 is 19.5 Å². The average Bonchev–Trinajstić information content (AvgIpc) is 2.91. The van der Waals surface area contributed by atoms with Crippen LogP contribution >= 0.6 is 0 Å². The largest absolute Gasteiger partial charge is 0.495 e. The van der Waals surface area contributed by atoms with Crippen molar-refractivity contribution >= 4 is 23.1 Å². The van der Waals surface area contributed by atoms with E-state index in [4.69, 9.17) is 14.2 Å². The summed E-state index contributed by atoms with van der Waals surface area (Å²) in [7, 11) is 6.03. The van der Waals surface area contributed by atoms with E-state index in [1.54, 1.807) is 30.3 Å². The third-order valence-corrected chi connectivity index (χ3v) is 4.33. The van der Waals surface area contributed by atoms with Gasteiger partial charge in [0.2, 0.25) is 0 Å². The summed E-state index contributed by atoms with van der Waals surface area (Å²) >= 11 is 0. The van der Waals surface area contributed by atoms with E-state index in [9.17, 15) is 9.59 Å². The fraction of sp³-hybridized carbons (Fsp3) is 0.200. The zero-order valence-electron chi connectivity index (χ0n) is 15.5. The van der Waals surface area contributed by atoms with Crippen LogP contribution in [0.3, 0.4) is 0 Å².